The Morgan fingerprint density at radius 1 is 1.30 bits per heavy atom. The van der Waals surface area contributed by atoms with E-state index in [0.717, 1.165) is 4.68 Å². The minimum Gasteiger partial charge on any atom is -0.496 e. The Labute approximate surface area is 132 Å². The highest BCUT2D eigenvalue weighted by atomic mass is 19.1. The molecule has 1 heterocycles. The molecule has 0 radical (unpaired) electrons. The molecule has 2 rings (SSSR count). The second-order valence-corrected chi connectivity index (χ2v) is 5.10. The molecule has 6 nitrogen and oxygen atoms in total. The van der Waals surface area contributed by atoms with Gasteiger partial charge in [-0.05, 0) is 32.0 Å². The van der Waals surface area contributed by atoms with Crippen LogP contribution in [0.5, 0.6) is 5.75 Å². The van der Waals surface area contributed by atoms with Gasteiger partial charge in [-0.25, -0.2) is 9.07 Å². The first-order valence-electron chi connectivity index (χ1n) is 7.02. The third kappa shape index (κ3) is 4.15. The lowest BCUT2D eigenvalue weighted by atomic mass is 10.1. The van der Waals surface area contributed by atoms with Gasteiger partial charge in [0.25, 0.3) is 5.56 Å². The van der Waals surface area contributed by atoms with Crippen molar-refractivity contribution in [3.05, 3.63) is 46.5 Å². The zero-order chi connectivity index (χ0) is 17.0. The topological polar surface area (TPSA) is 70.4 Å². The van der Waals surface area contributed by atoms with Crippen molar-refractivity contribution in [2.45, 2.75) is 26.5 Å². The van der Waals surface area contributed by atoms with E-state index in [9.17, 15) is 14.0 Å². The summed E-state index contributed by atoms with van der Waals surface area (Å²) in [6, 6.07) is 6.76. The summed E-state index contributed by atoms with van der Waals surface area (Å²) in [6.45, 7) is 3.14. The number of benzene rings is 1. The van der Waals surface area contributed by atoms with Gasteiger partial charge in [-0.3, -0.25) is 9.59 Å². The fourth-order valence-electron chi connectivity index (χ4n) is 2.00. The molecule has 0 N–H and O–H groups in total. The number of hydrogen-bond donors (Lipinski definition) is 0. The summed E-state index contributed by atoms with van der Waals surface area (Å²) in [6.07, 6.45) is -0.279. The number of ether oxygens (including phenoxy) is 2. The van der Waals surface area contributed by atoms with E-state index in [1.165, 1.54) is 37.4 Å². The minimum absolute atomic E-state index is 0.279. The van der Waals surface area contributed by atoms with Gasteiger partial charge in [-0.1, -0.05) is 0 Å². The molecular formula is C16H17FN2O4. The average Bonchev–Trinajstić information content (AvgIpc) is 2.48. The smallest absolute Gasteiger partial charge is 0.328 e. The van der Waals surface area contributed by atoms with Gasteiger partial charge in [0.05, 0.1) is 18.9 Å². The van der Waals surface area contributed by atoms with Crippen LogP contribution in [-0.4, -0.2) is 29.0 Å². The number of halogens is 1. The number of aromatic nitrogens is 2. The summed E-state index contributed by atoms with van der Waals surface area (Å²) in [5.41, 5.74) is 0.467. The Hall–Kier alpha value is -2.70. The summed E-state index contributed by atoms with van der Waals surface area (Å²) in [5, 5.41) is 4.13. The Balaban J connectivity index is 2.37. The number of carbonyl (C=O) groups is 1. The molecule has 0 saturated carbocycles. The van der Waals surface area contributed by atoms with Crippen molar-refractivity contribution in [1.29, 1.82) is 0 Å². The lowest BCUT2D eigenvalue weighted by Gasteiger charge is -2.11. The monoisotopic (exact) mass is 320 g/mol. The highest BCUT2D eigenvalue weighted by Crippen LogP contribution is 2.28. The molecule has 0 atom stereocenters. The van der Waals surface area contributed by atoms with Crippen LogP contribution in [0.15, 0.2) is 35.1 Å². The zero-order valence-corrected chi connectivity index (χ0v) is 13.1. The summed E-state index contributed by atoms with van der Waals surface area (Å²) >= 11 is 0. The average molecular weight is 320 g/mol. The fraction of sp³-hybridized carbons (Fsp3) is 0.312. The van der Waals surface area contributed by atoms with Crippen LogP contribution in [0.3, 0.4) is 0 Å². The molecule has 0 unspecified atom stereocenters. The predicted molar refractivity (Wildman–Crippen MR) is 81.7 cm³/mol. The maximum atomic E-state index is 13.3. The van der Waals surface area contributed by atoms with E-state index in [1.807, 2.05) is 0 Å². The van der Waals surface area contributed by atoms with Crippen LogP contribution >= 0.6 is 0 Å². The molecule has 23 heavy (non-hydrogen) atoms. The number of rotatable bonds is 5. The number of carbonyl (C=O) groups excluding carboxylic acids is 1. The molecule has 0 aliphatic rings. The Morgan fingerprint density at radius 2 is 2.04 bits per heavy atom. The van der Waals surface area contributed by atoms with E-state index >= 15 is 0 Å². The first-order chi connectivity index (χ1) is 10.9. The van der Waals surface area contributed by atoms with Gasteiger partial charge in [0.2, 0.25) is 0 Å². The van der Waals surface area contributed by atoms with Gasteiger partial charge in [-0.2, -0.15) is 5.10 Å². The summed E-state index contributed by atoms with van der Waals surface area (Å²) in [4.78, 5) is 23.5. The molecule has 0 aliphatic carbocycles. The van der Waals surface area contributed by atoms with E-state index in [1.54, 1.807) is 13.8 Å². The molecule has 0 amide bonds. The summed E-state index contributed by atoms with van der Waals surface area (Å²) < 4.78 is 24.4. The second-order valence-electron chi connectivity index (χ2n) is 5.10. The number of nitrogens with zero attached hydrogens (tertiary/aromatic N) is 2. The third-order valence-corrected chi connectivity index (χ3v) is 2.95. The number of methoxy groups -OCH3 is 1. The van der Waals surface area contributed by atoms with Gasteiger partial charge in [0.1, 0.15) is 18.1 Å². The van der Waals surface area contributed by atoms with Crippen LogP contribution in [-0.2, 0) is 16.1 Å². The maximum Gasteiger partial charge on any atom is 0.328 e. The van der Waals surface area contributed by atoms with Crippen molar-refractivity contribution in [2.75, 3.05) is 7.11 Å². The minimum atomic E-state index is -0.558. The van der Waals surface area contributed by atoms with E-state index in [-0.39, 0.29) is 18.4 Å². The molecule has 7 heteroatoms. The first kappa shape index (κ1) is 16.7. The molecule has 122 valence electrons. The zero-order valence-electron chi connectivity index (χ0n) is 13.1. The third-order valence-electron chi connectivity index (χ3n) is 2.95. The standard InChI is InChI=1S/C16H17FN2O4/c1-10(2)23-16(21)9-19-15(20)7-6-13(18-19)12-5-4-11(17)8-14(12)22-3/h4-8,10H,9H2,1-3H3. The molecule has 2 aromatic rings. The first-order valence-corrected chi connectivity index (χ1v) is 7.02. The Morgan fingerprint density at radius 3 is 2.70 bits per heavy atom. The van der Waals surface area contributed by atoms with Crippen molar-refractivity contribution in [3.8, 4) is 17.0 Å². The highest BCUT2D eigenvalue weighted by molar-refractivity contribution is 5.70. The molecule has 0 bridgehead atoms. The summed E-state index contributed by atoms with van der Waals surface area (Å²) in [7, 11) is 1.41. The summed E-state index contributed by atoms with van der Waals surface area (Å²) in [5.74, 6) is -0.718. The van der Waals surface area contributed by atoms with E-state index < -0.39 is 17.3 Å². The van der Waals surface area contributed by atoms with Crippen molar-refractivity contribution >= 4 is 5.97 Å². The quantitative estimate of drug-likeness (QED) is 0.788. The van der Waals surface area contributed by atoms with Gasteiger partial charge >= 0.3 is 5.97 Å². The van der Waals surface area contributed by atoms with Crippen LogP contribution in [0.25, 0.3) is 11.3 Å². The van der Waals surface area contributed by atoms with Gasteiger partial charge in [0, 0.05) is 17.7 Å². The van der Waals surface area contributed by atoms with Crippen molar-refractivity contribution in [2.24, 2.45) is 0 Å². The van der Waals surface area contributed by atoms with Gasteiger partial charge in [-0.15, -0.1) is 0 Å². The van der Waals surface area contributed by atoms with Crippen LogP contribution in [0, 0.1) is 5.82 Å². The van der Waals surface area contributed by atoms with Gasteiger partial charge < -0.3 is 9.47 Å². The van der Waals surface area contributed by atoms with E-state index in [4.69, 9.17) is 9.47 Å². The molecule has 1 aromatic carbocycles. The van der Waals surface area contributed by atoms with Crippen LogP contribution in [0.4, 0.5) is 4.39 Å². The molecule has 0 aliphatic heterocycles. The SMILES string of the molecule is COc1cc(F)ccc1-c1ccc(=O)n(CC(=O)OC(C)C)n1. The number of hydrogen-bond acceptors (Lipinski definition) is 5. The fourth-order valence-corrected chi connectivity index (χ4v) is 2.00. The molecule has 1 aromatic heterocycles. The van der Waals surface area contributed by atoms with E-state index in [2.05, 4.69) is 5.10 Å². The second kappa shape index (κ2) is 7.04. The van der Waals surface area contributed by atoms with Gasteiger partial charge in [0.15, 0.2) is 0 Å². The van der Waals surface area contributed by atoms with E-state index in [0.29, 0.717) is 11.3 Å². The molecule has 0 fully saturated rings. The van der Waals surface area contributed by atoms with Crippen molar-refractivity contribution in [3.63, 3.8) is 0 Å². The van der Waals surface area contributed by atoms with Crippen LogP contribution < -0.4 is 10.3 Å². The van der Waals surface area contributed by atoms with Crippen molar-refractivity contribution < 1.29 is 18.7 Å². The largest absolute Gasteiger partial charge is 0.496 e. The molecule has 0 saturated heterocycles. The highest BCUT2D eigenvalue weighted by Gasteiger charge is 2.13. The van der Waals surface area contributed by atoms with Crippen LogP contribution in [0.1, 0.15) is 13.8 Å². The van der Waals surface area contributed by atoms with Crippen LogP contribution in [0.2, 0.25) is 0 Å². The lowest BCUT2D eigenvalue weighted by molar-refractivity contribution is -0.148. The normalized spacial score (nSPS) is 10.7. The molecular weight excluding hydrogens is 303 g/mol. The lowest BCUT2D eigenvalue weighted by Crippen LogP contribution is -2.28. The predicted octanol–water partition coefficient (Wildman–Crippen LogP) is 2.01. The van der Waals surface area contributed by atoms with Crippen molar-refractivity contribution in [1.82, 2.24) is 9.78 Å². The molecule has 0 spiro atoms. The number of esters is 1. The Kier molecular flexibility index (Phi) is 5.10. The Bertz CT molecular complexity index is 771. The maximum absolute atomic E-state index is 13.3.